The minimum absolute atomic E-state index is 0.0655. The molecule has 1 amide bonds. The number of carboxylic acid groups (broad SMARTS) is 1. The van der Waals surface area contributed by atoms with Crippen LogP contribution in [-0.2, 0) is 0 Å². The number of aryl methyl sites for hydroxylation is 1. The number of piperidine rings is 2. The summed E-state index contributed by atoms with van der Waals surface area (Å²) < 4.78 is 0. The van der Waals surface area contributed by atoms with Gasteiger partial charge in [-0.15, -0.1) is 0 Å². The Morgan fingerprint density at radius 1 is 1.26 bits per heavy atom. The van der Waals surface area contributed by atoms with E-state index < -0.39 is 6.09 Å². The Bertz CT molecular complexity index is 718. The van der Waals surface area contributed by atoms with Crippen molar-refractivity contribution in [3.05, 3.63) is 23.4 Å². The fourth-order valence-electron chi connectivity index (χ4n) is 5.15. The normalized spacial score (nSPS) is 22.7. The number of hydrogen-bond donors (Lipinski definition) is 1. The molecule has 0 aliphatic carbocycles. The third-order valence-corrected chi connectivity index (χ3v) is 6.60. The molecule has 0 bridgehead atoms. The molecule has 1 unspecified atom stereocenters. The van der Waals surface area contributed by atoms with E-state index in [1.54, 1.807) is 11.1 Å². The predicted molar refractivity (Wildman–Crippen MR) is 105 cm³/mol. The molecule has 2 fully saturated rings. The Hall–Kier alpha value is -2.11. The molecule has 6 nitrogen and oxygen atoms in total. The van der Waals surface area contributed by atoms with Crippen LogP contribution in [-0.4, -0.2) is 53.5 Å². The molecule has 3 heterocycles. The fourth-order valence-corrected chi connectivity index (χ4v) is 5.15. The number of carbonyl (C=O) groups excluding carboxylic acids is 1. The van der Waals surface area contributed by atoms with Gasteiger partial charge in [-0.05, 0) is 54.6 Å². The summed E-state index contributed by atoms with van der Waals surface area (Å²) in [5, 5.41) is 9.46. The lowest BCUT2D eigenvalue weighted by Crippen LogP contribution is -2.57. The second kappa shape index (κ2) is 7.13. The molecule has 148 valence electrons. The molecular formula is C21H31N3O3. The standard InChI is InChI=1S/C21H31N3O3/c1-15-11-16(14-25)12-22-18(15)23-8-5-21(6-9-23)7-10-24(19(26)27)13-17(21)20(2,3)4/h11-12,14,17H,5-10,13H2,1-4H3,(H,26,27). The van der Waals surface area contributed by atoms with Gasteiger partial charge in [-0.25, -0.2) is 9.78 Å². The summed E-state index contributed by atoms with van der Waals surface area (Å²) in [6.07, 6.45) is 4.72. The molecule has 1 atom stereocenters. The van der Waals surface area contributed by atoms with Crippen LogP contribution in [0.4, 0.5) is 10.6 Å². The van der Waals surface area contributed by atoms with E-state index in [-0.39, 0.29) is 10.8 Å². The topological polar surface area (TPSA) is 73.7 Å². The lowest BCUT2D eigenvalue weighted by atomic mass is 9.57. The first kappa shape index (κ1) is 19.6. The van der Waals surface area contributed by atoms with Crippen molar-refractivity contribution in [3.63, 3.8) is 0 Å². The summed E-state index contributed by atoms with van der Waals surface area (Å²) in [7, 11) is 0. The second-order valence-corrected chi connectivity index (χ2v) is 9.27. The first-order valence-electron chi connectivity index (χ1n) is 9.81. The van der Waals surface area contributed by atoms with Gasteiger partial charge in [0.15, 0.2) is 6.29 Å². The highest BCUT2D eigenvalue weighted by atomic mass is 16.4. The monoisotopic (exact) mass is 373 g/mol. The molecule has 3 rings (SSSR count). The average molecular weight is 373 g/mol. The van der Waals surface area contributed by atoms with Crippen molar-refractivity contribution in [3.8, 4) is 0 Å². The van der Waals surface area contributed by atoms with Gasteiger partial charge in [0.1, 0.15) is 5.82 Å². The van der Waals surface area contributed by atoms with Crippen molar-refractivity contribution in [2.75, 3.05) is 31.1 Å². The molecule has 27 heavy (non-hydrogen) atoms. The van der Waals surface area contributed by atoms with Crippen LogP contribution in [0.3, 0.4) is 0 Å². The molecule has 0 saturated carbocycles. The van der Waals surface area contributed by atoms with Gasteiger partial charge in [0.2, 0.25) is 0 Å². The lowest BCUT2D eigenvalue weighted by Gasteiger charge is -2.55. The molecule has 1 aromatic heterocycles. The lowest BCUT2D eigenvalue weighted by molar-refractivity contribution is -0.0374. The number of hydrogen-bond acceptors (Lipinski definition) is 4. The molecule has 2 aliphatic heterocycles. The van der Waals surface area contributed by atoms with E-state index in [1.165, 1.54) is 0 Å². The Kier molecular flexibility index (Phi) is 5.19. The third-order valence-electron chi connectivity index (χ3n) is 6.60. The number of amides is 1. The molecule has 0 aromatic carbocycles. The van der Waals surface area contributed by atoms with E-state index in [0.717, 1.165) is 50.0 Å². The van der Waals surface area contributed by atoms with Gasteiger partial charge in [0.05, 0.1) is 0 Å². The van der Waals surface area contributed by atoms with E-state index in [4.69, 9.17) is 0 Å². The summed E-state index contributed by atoms with van der Waals surface area (Å²) >= 11 is 0. The average Bonchev–Trinajstić information content (AvgIpc) is 2.61. The van der Waals surface area contributed by atoms with Crippen LogP contribution in [0.25, 0.3) is 0 Å². The first-order valence-corrected chi connectivity index (χ1v) is 9.81. The van der Waals surface area contributed by atoms with Crippen molar-refractivity contribution in [1.82, 2.24) is 9.88 Å². The Morgan fingerprint density at radius 2 is 1.89 bits per heavy atom. The minimum atomic E-state index is -0.799. The van der Waals surface area contributed by atoms with Gasteiger partial charge < -0.3 is 14.9 Å². The smallest absolute Gasteiger partial charge is 0.407 e. The van der Waals surface area contributed by atoms with E-state index in [1.807, 2.05) is 13.0 Å². The SMILES string of the molecule is Cc1cc(C=O)cnc1N1CCC2(CCN(C(=O)O)CC2C(C)(C)C)CC1. The maximum Gasteiger partial charge on any atom is 0.407 e. The molecule has 1 aromatic rings. The molecule has 0 radical (unpaired) electrons. The van der Waals surface area contributed by atoms with Crippen LogP contribution in [0.1, 0.15) is 56.0 Å². The summed E-state index contributed by atoms with van der Waals surface area (Å²) in [5.41, 5.74) is 1.90. The fraction of sp³-hybridized carbons (Fsp3) is 0.667. The number of likely N-dealkylation sites (tertiary alicyclic amines) is 1. The molecular weight excluding hydrogens is 342 g/mol. The molecule has 1 N–H and O–H groups in total. The zero-order valence-electron chi connectivity index (χ0n) is 16.9. The zero-order chi connectivity index (χ0) is 19.8. The Labute approximate surface area is 161 Å². The molecule has 6 heteroatoms. The van der Waals surface area contributed by atoms with Crippen LogP contribution in [0.15, 0.2) is 12.3 Å². The maximum absolute atomic E-state index is 11.5. The highest BCUT2D eigenvalue weighted by molar-refractivity contribution is 5.75. The molecule has 2 aliphatic rings. The van der Waals surface area contributed by atoms with Crippen molar-refractivity contribution < 1.29 is 14.7 Å². The number of nitrogens with zero attached hydrogens (tertiary/aromatic N) is 3. The summed E-state index contributed by atoms with van der Waals surface area (Å²) in [6, 6.07) is 1.89. The van der Waals surface area contributed by atoms with E-state index in [2.05, 4.69) is 30.7 Å². The highest BCUT2D eigenvalue weighted by Gasteiger charge is 2.50. The van der Waals surface area contributed by atoms with Gasteiger partial charge in [-0.3, -0.25) is 4.79 Å². The van der Waals surface area contributed by atoms with E-state index >= 15 is 0 Å². The van der Waals surface area contributed by atoms with Crippen molar-refractivity contribution >= 4 is 18.2 Å². The van der Waals surface area contributed by atoms with Crippen LogP contribution in [0.2, 0.25) is 0 Å². The van der Waals surface area contributed by atoms with Crippen molar-refractivity contribution in [1.29, 1.82) is 0 Å². The molecule has 1 spiro atoms. The third kappa shape index (κ3) is 3.80. The largest absolute Gasteiger partial charge is 0.465 e. The number of rotatable bonds is 2. The Morgan fingerprint density at radius 3 is 2.41 bits per heavy atom. The summed E-state index contributed by atoms with van der Waals surface area (Å²) in [6.45, 7) is 11.8. The van der Waals surface area contributed by atoms with Gasteiger partial charge in [-0.2, -0.15) is 0 Å². The Balaban J connectivity index is 1.78. The van der Waals surface area contributed by atoms with Gasteiger partial charge in [0.25, 0.3) is 0 Å². The second-order valence-electron chi connectivity index (χ2n) is 9.27. The minimum Gasteiger partial charge on any atom is -0.465 e. The number of anilines is 1. The molecule has 2 saturated heterocycles. The zero-order valence-corrected chi connectivity index (χ0v) is 16.9. The van der Waals surface area contributed by atoms with Crippen LogP contribution in [0.5, 0.6) is 0 Å². The number of pyridine rings is 1. The summed E-state index contributed by atoms with van der Waals surface area (Å²) in [5.74, 6) is 1.31. The number of aromatic nitrogens is 1. The first-order chi connectivity index (χ1) is 12.7. The summed E-state index contributed by atoms with van der Waals surface area (Å²) in [4.78, 5) is 30.9. The van der Waals surface area contributed by atoms with Crippen LogP contribution >= 0.6 is 0 Å². The van der Waals surface area contributed by atoms with Gasteiger partial charge in [-0.1, -0.05) is 20.8 Å². The van der Waals surface area contributed by atoms with Crippen LogP contribution < -0.4 is 4.90 Å². The quantitative estimate of drug-likeness (QED) is 0.798. The van der Waals surface area contributed by atoms with Crippen molar-refractivity contribution in [2.45, 2.75) is 47.0 Å². The van der Waals surface area contributed by atoms with E-state index in [9.17, 15) is 14.7 Å². The van der Waals surface area contributed by atoms with Gasteiger partial charge >= 0.3 is 6.09 Å². The van der Waals surface area contributed by atoms with Crippen molar-refractivity contribution in [2.24, 2.45) is 16.7 Å². The number of aldehydes is 1. The van der Waals surface area contributed by atoms with Crippen LogP contribution in [0, 0.1) is 23.7 Å². The number of carbonyl (C=O) groups is 2. The van der Waals surface area contributed by atoms with Gasteiger partial charge in [0, 0.05) is 37.9 Å². The maximum atomic E-state index is 11.5. The highest BCUT2D eigenvalue weighted by Crippen LogP contribution is 2.52. The predicted octanol–water partition coefficient (Wildman–Crippen LogP) is 3.84. The van der Waals surface area contributed by atoms with E-state index in [0.29, 0.717) is 24.6 Å².